The molecule has 0 bridgehead atoms. The predicted octanol–water partition coefficient (Wildman–Crippen LogP) is 2.50. The highest BCUT2D eigenvalue weighted by Gasteiger charge is 2.01. The van der Waals surface area contributed by atoms with Gasteiger partial charge < -0.3 is 10.2 Å². The zero-order valence-electron chi connectivity index (χ0n) is 6.38. The van der Waals surface area contributed by atoms with E-state index in [0.717, 1.165) is 16.7 Å². The second-order valence-electron chi connectivity index (χ2n) is 2.60. The van der Waals surface area contributed by atoms with Crippen molar-refractivity contribution in [3.63, 3.8) is 0 Å². The number of nitrogens with two attached hydrogens (primary N) is 1. The fraction of sp³-hybridized carbons (Fsp3) is 0.111. The molecule has 0 radical (unpaired) electrons. The van der Waals surface area contributed by atoms with Crippen LogP contribution in [0.1, 0.15) is 5.76 Å². The van der Waals surface area contributed by atoms with E-state index < -0.39 is 0 Å². The van der Waals surface area contributed by atoms with Crippen molar-refractivity contribution in [3.05, 3.63) is 33.6 Å². The van der Waals surface area contributed by atoms with E-state index in [1.165, 1.54) is 3.57 Å². The van der Waals surface area contributed by atoms with Crippen LogP contribution in [0.4, 0.5) is 0 Å². The van der Waals surface area contributed by atoms with Gasteiger partial charge in [-0.2, -0.15) is 0 Å². The van der Waals surface area contributed by atoms with Crippen LogP contribution >= 0.6 is 22.6 Å². The lowest BCUT2D eigenvalue weighted by molar-refractivity contribution is 0.552. The molecule has 3 heteroatoms. The van der Waals surface area contributed by atoms with Crippen LogP contribution in [0.2, 0.25) is 0 Å². The zero-order chi connectivity index (χ0) is 8.55. The summed E-state index contributed by atoms with van der Waals surface area (Å²) in [5, 5.41) is 1.13. The van der Waals surface area contributed by atoms with E-state index in [9.17, 15) is 0 Å². The van der Waals surface area contributed by atoms with Gasteiger partial charge in [-0.15, -0.1) is 0 Å². The zero-order valence-corrected chi connectivity index (χ0v) is 8.54. The van der Waals surface area contributed by atoms with Crippen LogP contribution in [0, 0.1) is 3.57 Å². The molecule has 0 spiro atoms. The van der Waals surface area contributed by atoms with Gasteiger partial charge >= 0.3 is 0 Å². The van der Waals surface area contributed by atoms with Crippen molar-refractivity contribution in [1.29, 1.82) is 0 Å². The number of hydrogen-bond donors (Lipinski definition) is 1. The van der Waals surface area contributed by atoms with E-state index >= 15 is 0 Å². The van der Waals surface area contributed by atoms with E-state index in [1.807, 2.05) is 18.2 Å². The third-order valence-electron chi connectivity index (χ3n) is 1.73. The number of halogens is 1. The Morgan fingerprint density at radius 2 is 2.17 bits per heavy atom. The normalized spacial score (nSPS) is 10.8. The third kappa shape index (κ3) is 1.34. The van der Waals surface area contributed by atoms with Gasteiger partial charge in [-0.25, -0.2) is 0 Å². The Labute approximate surface area is 83.9 Å². The summed E-state index contributed by atoms with van der Waals surface area (Å²) >= 11 is 2.28. The number of fused-ring (bicyclic) bond motifs is 1. The van der Waals surface area contributed by atoms with Crippen LogP contribution in [0.15, 0.2) is 28.7 Å². The summed E-state index contributed by atoms with van der Waals surface area (Å²) in [7, 11) is 0. The first kappa shape index (κ1) is 8.07. The van der Waals surface area contributed by atoms with E-state index in [0.29, 0.717) is 6.54 Å². The molecule has 2 nitrogen and oxygen atoms in total. The van der Waals surface area contributed by atoms with Crippen molar-refractivity contribution < 1.29 is 4.42 Å². The van der Waals surface area contributed by atoms with E-state index in [1.54, 1.807) is 0 Å². The molecule has 0 saturated carbocycles. The minimum Gasteiger partial charge on any atom is -0.460 e. The van der Waals surface area contributed by atoms with Gasteiger partial charge in [-0.1, -0.05) is 0 Å². The average molecular weight is 273 g/mol. The highest BCUT2D eigenvalue weighted by molar-refractivity contribution is 14.1. The minimum atomic E-state index is 0.464. The van der Waals surface area contributed by atoms with Crippen molar-refractivity contribution >= 4 is 33.6 Å². The van der Waals surface area contributed by atoms with Gasteiger partial charge in [0.15, 0.2) is 0 Å². The molecule has 0 saturated heterocycles. The number of benzene rings is 1. The summed E-state index contributed by atoms with van der Waals surface area (Å²) in [6.45, 7) is 0.464. The summed E-state index contributed by atoms with van der Waals surface area (Å²) in [6.07, 6.45) is 0. The molecule has 0 fully saturated rings. The molecule has 0 unspecified atom stereocenters. The fourth-order valence-corrected chi connectivity index (χ4v) is 1.69. The molecule has 62 valence electrons. The quantitative estimate of drug-likeness (QED) is 0.811. The molecule has 0 aliphatic carbocycles. The molecule has 2 rings (SSSR count). The number of furan rings is 1. The molecule has 12 heavy (non-hydrogen) atoms. The molecule has 1 aromatic heterocycles. The predicted molar refractivity (Wildman–Crippen MR) is 56.8 cm³/mol. The maximum absolute atomic E-state index is 5.46. The average Bonchev–Trinajstić information content (AvgIpc) is 2.46. The van der Waals surface area contributed by atoms with Gasteiger partial charge in [0.05, 0.1) is 6.54 Å². The van der Waals surface area contributed by atoms with Crippen molar-refractivity contribution in [2.24, 2.45) is 5.73 Å². The summed E-state index contributed by atoms with van der Waals surface area (Å²) in [5.74, 6) is 0.840. The summed E-state index contributed by atoms with van der Waals surface area (Å²) < 4.78 is 6.66. The van der Waals surface area contributed by atoms with Gasteiger partial charge in [-0.3, -0.25) is 0 Å². The summed E-state index contributed by atoms with van der Waals surface area (Å²) in [4.78, 5) is 0. The van der Waals surface area contributed by atoms with Crippen LogP contribution in [-0.2, 0) is 6.54 Å². The monoisotopic (exact) mass is 273 g/mol. The highest BCUT2D eigenvalue weighted by Crippen LogP contribution is 2.21. The van der Waals surface area contributed by atoms with Crippen molar-refractivity contribution in [2.45, 2.75) is 6.54 Å². The SMILES string of the molecule is NCc1cc2cc(I)ccc2o1. The standard InChI is InChI=1S/C9H8INO/c10-7-1-2-9-6(3-7)4-8(5-11)12-9/h1-4H,5,11H2. The maximum atomic E-state index is 5.46. The van der Waals surface area contributed by atoms with Crippen LogP contribution in [0.5, 0.6) is 0 Å². The molecule has 1 heterocycles. The Balaban J connectivity index is 2.67. The van der Waals surface area contributed by atoms with Crippen LogP contribution < -0.4 is 5.73 Å². The van der Waals surface area contributed by atoms with Crippen molar-refractivity contribution in [1.82, 2.24) is 0 Å². The largest absolute Gasteiger partial charge is 0.460 e. The molecule has 0 aliphatic rings. The molecule has 0 amide bonds. The first-order valence-corrected chi connectivity index (χ1v) is 4.75. The first-order chi connectivity index (χ1) is 5.79. The third-order valence-corrected chi connectivity index (χ3v) is 2.40. The molecule has 2 N–H and O–H groups in total. The Morgan fingerprint density at radius 1 is 1.33 bits per heavy atom. The maximum Gasteiger partial charge on any atom is 0.134 e. The number of hydrogen-bond acceptors (Lipinski definition) is 2. The Morgan fingerprint density at radius 3 is 2.92 bits per heavy atom. The van der Waals surface area contributed by atoms with Gasteiger partial charge in [0.2, 0.25) is 0 Å². The Bertz CT molecular complexity index is 408. The van der Waals surface area contributed by atoms with Crippen LogP contribution in [0.25, 0.3) is 11.0 Å². The molecule has 0 aliphatic heterocycles. The van der Waals surface area contributed by atoms with Gasteiger partial charge in [0, 0.05) is 8.96 Å². The summed E-state index contributed by atoms with van der Waals surface area (Å²) in [5.41, 5.74) is 6.37. The minimum absolute atomic E-state index is 0.464. The smallest absolute Gasteiger partial charge is 0.134 e. The molecule has 0 atom stereocenters. The lowest BCUT2D eigenvalue weighted by Gasteiger charge is -1.88. The number of rotatable bonds is 1. The molecular weight excluding hydrogens is 265 g/mol. The molecule has 1 aromatic carbocycles. The highest BCUT2D eigenvalue weighted by atomic mass is 127. The van der Waals surface area contributed by atoms with Crippen molar-refractivity contribution in [3.8, 4) is 0 Å². The van der Waals surface area contributed by atoms with Gasteiger partial charge in [-0.05, 0) is 46.9 Å². The lowest BCUT2D eigenvalue weighted by Crippen LogP contribution is -1.92. The second-order valence-corrected chi connectivity index (χ2v) is 3.84. The van der Waals surface area contributed by atoms with Gasteiger partial charge in [0.1, 0.15) is 11.3 Å². The lowest BCUT2D eigenvalue weighted by atomic mass is 10.2. The second kappa shape index (κ2) is 3.06. The van der Waals surface area contributed by atoms with Crippen LogP contribution in [-0.4, -0.2) is 0 Å². The van der Waals surface area contributed by atoms with E-state index in [4.69, 9.17) is 10.2 Å². The van der Waals surface area contributed by atoms with Crippen molar-refractivity contribution in [2.75, 3.05) is 0 Å². The topological polar surface area (TPSA) is 39.2 Å². The molecule has 2 aromatic rings. The van der Waals surface area contributed by atoms with E-state index in [-0.39, 0.29) is 0 Å². The van der Waals surface area contributed by atoms with E-state index in [2.05, 4.69) is 28.7 Å². The Kier molecular flexibility index (Phi) is 2.06. The fourth-order valence-electron chi connectivity index (χ4n) is 1.17. The first-order valence-electron chi connectivity index (χ1n) is 3.67. The molecular formula is C9H8INO. The van der Waals surface area contributed by atoms with Crippen LogP contribution in [0.3, 0.4) is 0 Å². The Hall–Kier alpha value is -0.550. The van der Waals surface area contributed by atoms with Gasteiger partial charge in [0.25, 0.3) is 0 Å². The summed E-state index contributed by atoms with van der Waals surface area (Å²) in [6, 6.07) is 8.05.